The average molecular weight is 347 g/mol. The third kappa shape index (κ3) is 3.26. The van der Waals surface area contributed by atoms with Crippen molar-refractivity contribution in [1.29, 1.82) is 0 Å². The van der Waals surface area contributed by atoms with Crippen molar-refractivity contribution in [2.75, 3.05) is 19.0 Å². The predicted molar refractivity (Wildman–Crippen MR) is 92.5 cm³/mol. The summed E-state index contributed by atoms with van der Waals surface area (Å²) in [6, 6.07) is 1.52. The van der Waals surface area contributed by atoms with Crippen LogP contribution in [0, 0.1) is 13.8 Å². The minimum atomic E-state index is -0.304. The first-order valence-corrected chi connectivity index (χ1v) is 8.49. The lowest BCUT2D eigenvalue weighted by molar-refractivity contribution is -0.121. The molecule has 2 aromatic rings. The number of likely N-dealkylation sites (tertiary alicyclic amines) is 1. The number of carbonyl (C=O) groups excluding carboxylic acids is 1. The van der Waals surface area contributed by atoms with E-state index in [1.807, 2.05) is 27.8 Å². The van der Waals surface area contributed by atoms with E-state index in [0.717, 1.165) is 42.2 Å². The molecule has 136 valence electrons. The van der Waals surface area contributed by atoms with Crippen LogP contribution in [0.4, 0.5) is 5.88 Å². The summed E-state index contributed by atoms with van der Waals surface area (Å²) in [4.78, 5) is 14.8. The van der Waals surface area contributed by atoms with Gasteiger partial charge in [0.15, 0.2) is 0 Å². The molecular formula is C17H25N5O3. The van der Waals surface area contributed by atoms with E-state index in [9.17, 15) is 4.79 Å². The fraction of sp³-hybridized carbons (Fsp3) is 0.588. The number of hydrogen-bond acceptors (Lipinski definition) is 6. The van der Waals surface area contributed by atoms with Crippen LogP contribution in [0.3, 0.4) is 0 Å². The molecular weight excluding hydrogens is 322 g/mol. The second-order valence-corrected chi connectivity index (χ2v) is 6.53. The molecule has 2 aromatic heterocycles. The highest BCUT2D eigenvalue weighted by Gasteiger charge is 2.37. The minimum Gasteiger partial charge on any atom is -0.481 e. The number of ether oxygens (including phenoxy) is 1. The van der Waals surface area contributed by atoms with Gasteiger partial charge in [0.1, 0.15) is 0 Å². The molecule has 1 fully saturated rings. The Morgan fingerprint density at radius 2 is 2.24 bits per heavy atom. The van der Waals surface area contributed by atoms with Gasteiger partial charge in [-0.1, -0.05) is 5.16 Å². The number of rotatable bonds is 5. The second kappa shape index (κ2) is 6.87. The molecule has 1 aliphatic rings. The SMILES string of the molecule is COc1c([C@@H]2CCCN2[C@H](C)C(=O)Nc2cc(C)no2)c(C)nn1C. The van der Waals surface area contributed by atoms with Gasteiger partial charge in [-0.25, -0.2) is 4.68 Å². The van der Waals surface area contributed by atoms with Gasteiger partial charge >= 0.3 is 0 Å². The molecule has 2 atom stereocenters. The summed E-state index contributed by atoms with van der Waals surface area (Å²) in [5, 5.41) is 11.1. The molecule has 8 nitrogen and oxygen atoms in total. The molecule has 0 aromatic carbocycles. The van der Waals surface area contributed by atoms with Crippen molar-refractivity contribution in [3.05, 3.63) is 23.0 Å². The number of aromatic nitrogens is 3. The lowest BCUT2D eigenvalue weighted by atomic mass is 10.0. The van der Waals surface area contributed by atoms with E-state index in [4.69, 9.17) is 9.26 Å². The third-order valence-corrected chi connectivity index (χ3v) is 4.79. The molecule has 1 amide bonds. The highest BCUT2D eigenvalue weighted by atomic mass is 16.5. The molecule has 1 saturated heterocycles. The number of aryl methyl sites for hydroxylation is 3. The summed E-state index contributed by atoms with van der Waals surface area (Å²) in [5.41, 5.74) is 2.74. The molecule has 25 heavy (non-hydrogen) atoms. The molecule has 0 aliphatic carbocycles. The molecule has 3 rings (SSSR count). The lowest BCUT2D eigenvalue weighted by Crippen LogP contribution is -2.41. The van der Waals surface area contributed by atoms with Crippen LogP contribution in [-0.4, -0.2) is 45.4 Å². The molecule has 1 N–H and O–H groups in total. The van der Waals surface area contributed by atoms with Gasteiger partial charge in [-0.3, -0.25) is 15.0 Å². The van der Waals surface area contributed by atoms with Gasteiger partial charge in [0.2, 0.25) is 17.7 Å². The van der Waals surface area contributed by atoms with Crippen LogP contribution < -0.4 is 10.1 Å². The van der Waals surface area contributed by atoms with Crippen molar-refractivity contribution in [3.8, 4) is 5.88 Å². The van der Waals surface area contributed by atoms with Gasteiger partial charge in [0.05, 0.1) is 30.1 Å². The van der Waals surface area contributed by atoms with Crippen molar-refractivity contribution in [2.45, 2.75) is 45.7 Å². The first-order valence-electron chi connectivity index (χ1n) is 8.49. The van der Waals surface area contributed by atoms with Gasteiger partial charge < -0.3 is 9.26 Å². The summed E-state index contributed by atoms with van der Waals surface area (Å²) >= 11 is 0. The largest absolute Gasteiger partial charge is 0.481 e. The van der Waals surface area contributed by atoms with Crippen LogP contribution in [0.15, 0.2) is 10.6 Å². The number of anilines is 1. The fourth-order valence-electron chi connectivity index (χ4n) is 3.64. The molecule has 3 heterocycles. The number of hydrogen-bond donors (Lipinski definition) is 1. The lowest BCUT2D eigenvalue weighted by Gasteiger charge is -2.29. The van der Waals surface area contributed by atoms with E-state index in [1.165, 1.54) is 0 Å². The topological polar surface area (TPSA) is 85.4 Å². The number of nitrogens with zero attached hydrogens (tertiary/aromatic N) is 4. The summed E-state index contributed by atoms with van der Waals surface area (Å²) in [5.74, 6) is 1.02. The van der Waals surface area contributed by atoms with Crippen LogP contribution in [0.1, 0.15) is 42.8 Å². The highest BCUT2D eigenvalue weighted by Crippen LogP contribution is 2.39. The summed E-state index contributed by atoms with van der Waals surface area (Å²) in [6.07, 6.45) is 2.00. The second-order valence-electron chi connectivity index (χ2n) is 6.53. The van der Waals surface area contributed by atoms with Crippen molar-refractivity contribution in [3.63, 3.8) is 0 Å². The minimum absolute atomic E-state index is 0.108. The zero-order valence-corrected chi connectivity index (χ0v) is 15.4. The molecule has 0 unspecified atom stereocenters. The molecule has 0 bridgehead atoms. The first-order chi connectivity index (χ1) is 11.9. The Morgan fingerprint density at radius 1 is 1.48 bits per heavy atom. The van der Waals surface area contributed by atoms with E-state index in [1.54, 1.807) is 17.9 Å². The number of amides is 1. The Balaban J connectivity index is 1.80. The van der Waals surface area contributed by atoms with Gasteiger partial charge in [-0.2, -0.15) is 5.10 Å². The van der Waals surface area contributed by atoms with Crippen molar-refractivity contribution >= 4 is 11.8 Å². The molecule has 0 saturated carbocycles. The normalized spacial score (nSPS) is 19.2. The monoisotopic (exact) mass is 347 g/mol. The Labute approximate surface area is 147 Å². The average Bonchev–Trinajstić information content (AvgIpc) is 3.25. The molecule has 8 heteroatoms. The van der Waals surface area contributed by atoms with Gasteiger partial charge in [-0.15, -0.1) is 0 Å². The maximum atomic E-state index is 12.6. The number of methoxy groups -OCH3 is 1. The maximum Gasteiger partial charge on any atom is 0.243 e. The summed E-state index contributed by atoms with van der Waals surface area (Å²) in [6.45, 7) is 6.56. The van der Waals surface area contributed by atoms with E-state index in [2.05, 4.69) is 20.5 Å². The van der Waals surface area contributed by atoms with Gasteiger partial charge in [0, 0.05) is 19.2 Å². The van der Waals surface area contributed by atoms with Crippen molar-refractivity contribution < 1.29 is 14.1 Å². The summed E-state index contributed by atoms with van der Waals surface area (Å²) < 4.78 is 12.4. The van der Waals surface area contributed by atoms with E-state index >= 15 is 0 Å². The summed E-state index contributed by atoms with van der Waals surface area (Å²) in [7, 11) is 3.53. The van der Waals surface area contributed by atoms with Gasteiger partial charge in [0.25, 0.3) is 0 Å². The van der Waals surface area contributed by atoms with Gasteiger partial charge in [-0.05, 0) is 40.2 Å². The molecule has 1 aliphatic heterocycles. The number of nitrogens with one attached hydrogen (secondary N) is 1. The Morgan fingerprint density at radius 3 is 2.88 bits per heavy atom. The zero-order valence-electron chi connectivity index (χ0n) is 15.4. The Bertz CT molecular complexity index is 766. The van der Waals surface area contributed by atoms with Crippen molar-refractivity contribution in [2.24, 2.45) is 7.05 Å². The molecule has 0 radical (unpaired) electrons. The van der Waals surface area contributed by atoms with Crippen LogP contribution in [0.5, 0.6) is 5.88 Å². The van der Waals surface area contributed by atoms with Crippen LogP contribution in [0.25, 0.3) is 0 Å². The van der Waals surface area contributed by atoms with Crippen molar-refractivity contribution in [1.82, 2.24) is 19.8 Å². The highest BCUT2D eigenvalue weighted by molar-refractivity contribution is 5.93. The van der Waals surface area contributed by atoms with Crippen LogP contribution in [-0.2, 0) is 11.8 Å². The molecule has 0 spiro atoms. The maximum absolute atomic E-state index is 12.6. The van der Waals surface area contributed by atoms with E-state index in [-0.39, 0.29) is 18.0 Å². The Kier molecular flexibility index (Phi) is 4.80. The number of carbonyl (C=O) groups is 1. The smallest absolute Gasteiger partial charge is 0.243 e. The quantitative estimate of drug-likeness (QED) is 0.892. The third-order valence-electron chi connectivity index (χ3n) is 4.79. The van der Waals surface area contributed by atoms with Crippen LogP contribution >= 0.6 is 0 Å². The predicted octanol–water partition coefficient (Wildman–Crippen LogP) is 2.20. The standard InChI is InChI=1S/C17H25N5O3/c1-10-9-14(25-20-10)18-16(23)12(3)22-8-6-7-13(22)15-11(2)19-21(4)17(15)24-5/h9,12-13H,6-8H2,1-5H3,(H,18,23)/t12-,13+/m1/s1. The van der Waals surface area contributed by atoms with E-state index in [0.29, 0.717) is 5.88 Å². The zero-order chi connectivity index (χ0) is 18.1. The fourth-order valence-corrected chi connectivity index (χ4v) is 3.64. The Hall–Kier alpha value is -2.35. The first kappa shape index (κ1) is 17.5. The van der Waals surface area contributed by atoms with Crippen LogP contribution in [0.2, 0.25) is 0 Å². The van der Waals surface area contributed by atoms with E-state index < -0.39 is 0 Å².